The minimum atomic E-state index is -4.92. The van der Waals surface area contributed by atoms with E-state index in [4.69, 9.17) is 33.8 Å². The number of nitrogens with one attached hydrogen (secondary N) is 2. The second kappa shape index (κ2) is 11.5. The first-order valence-electron chi connectivity index (χ1n) is 10.7. The highest BCUT2D eigenvalue weighted by molar-refractivity contribution is 7.16. The molecule has 1 aliphatic carbocycles. The lowest BCUT2D eigenvalue weighted by Crippen LogP contribution is -2.42. The molecule has 0 radical (unpaired) electrons. The Balaban J connectivity index is 0.000000414. The number of benzene rings is 1. The summed E-state index contributed by atoms with van der Waals surface area (Å²) in [5.74, 6) is -2.59. The molecule has 1 unspecified atom stereocenters. The van der Waals surface area contributed by atoms with Crippen molar-refractivity contribution in [3.63, 3.8) is 0 Å². The number of carboxylic acids is 1. The first-order chi connectivity index (χ1) is 17.4. The number of amides is 1. The highest BCUT2D eigenvalue weighted by Crippen LogP contribution is 2.51. The van der Waals surface area contributed by atoms with Crippen LogP contribution in [0.5, 0.6) is 0 Å². The molecule has 7 nitrogen and oxygen atoms in total. The lowest BCUT2D eigenvalue weighted by molar-refractivity contribution is -0.275. The third-order valence-electron chi connectivity index (χ3n) is 5.64. The minimum Gasteiger partial charge on any atom is -0.670 e. The number of hydrogen-bond acceptors (Lipinski definition) is 5. The Kier molecular flexibility index (Phi) is 9.04. The number of carboxylic acid groups (broad SMARTS) is 1. The highest BCUT2D eigenvalue weighted by atomic mass is 35.5. The fourth-order valence-electron chi connectivity index (χ4n) is 3.94. The first-order valence-corrected chi connectivity index (χ1v) is 12.3. The molecule has 3 N–H and O–H groups in total. The molecule has 1 atom stereocenters. The number of fused-ring (bicyclic) bond motifs is 1. The molecule has 4 rings (SSSR count). The molecule has 0 saturated heterocycles. The van der Waals surface area contributed by atoms with Crippen molar-refractivity contribution in [1.82, 2.24) is 5.32 Å². The van der Waals surface area contributed by atoms with Gasteiger partial charge in [0.2, 0.25) is 0 Å². The molecule has 2 aliphatic rings. The van der Waals surface area contributed by atoms with E-state index in [-0.39, 0.29) is 23.7 Å². The van der Waals surface area contributed by atoms with Crippen molar-refractivity contribution in [3.05, 3.63) is 60.2 Å². The fraction of sp³-hybridized carbons (Fsp3) is 0.409. The number of halogens is 7. The summed E-state index contributed by atoms with van der Waals surface area (Å²) in [4.78, 5) is 27.0. The summed E-state index contributed by atoms with van der Waals surface area (Å²) in [5.41, 5.74) is 4.40. The Morgan fingerprint density at radius 3 is 2.38 bits per heavy atom. The quantitative estimate of drug-likeness (QED) is 0.315. The van der Waals surface area contributed by atoms with Gasteiger partial charge in [0.05, 0.1) is 21.3 Å². The Morgan fingerprint density at radius 2 is 1.84 bits per heavy atom. The summed E-state index contributed by atoms with van der Waals surface area (Å²) in [5, 5.41) is 14.1. The molecule has 2 aromatic rings. The topological polar surface area (TPSA) is 112 Å². The Labute approximate surface area is 221 Å². The zero-order valence-corrected chi connectivity index (χ0v) is 21.1. The molecule has 2 heterocycles. The number of rotatable bonds is 6. The highest BCUT2D eigenvalue weighted by Gasteiger charge is 2.63. The average molecular weight is 587 g/mol. The number of carbonyl (C=O) groups is 2. The lowest BCUT2D eigenvalue weighted by atomic mass is 9.87. The second-order valence-corrected chi connectivity index (χ2v) is 9.81. The van der Waals surface area contributed by atoms with Gasteiger partial charge in [0.15, 0.2) is 11.7 Å². The monoisotopic (exact) mass is 586 g/mol. The van der Waals surface area contributed by atoms with Crippen LogP contribution in [0.3, 0.4) is 0 Å². The summed E-state index contributed by atoms with van der Waals surface area (Å²) < 4.78 is 67.2. The Hall–Kier alpha value is -2.48. The third-order valence-corrected chi connectivity index (χ3v) is 7.50. The molecule has 0 fully saturated rings. The zero-order valence-electron chi connectivity index (χ0n) is 18.8. The molecule has 15 heteroatoms. The molecule has 1 aromatic heterocycles. The molecule has 0 saturated carbocycles. The van der Waals surface area contributed by atoms with Gasteiger partial charge in [0.1, 0.15) is 17.3 Å². The summed E-state index contributed by atoms with van der Waals surface area (Å²) in [6.45, 7) is -0.858. The van der Waals surface area contributed by atoms with E-state index in [0.29, 0.717) is 35.3 Å². The number of thiophene rings is 1. The number of hydrogen-bond donors (Lipinski definition) is 2. The van der Waals surface area contributed by atoms with Crippen LogP contribution in [-0.2, 0) is 28.1 Å². The molecule has 202 valence electrons. The van der Waals surface area contributed by atoms with Crippen molar-refractivity contribution < 1.29 is 41.5 Å². The van der Waals surface area contributed by atoms with Crippen molar-refractivity contribution in [2.45, 2.75) is 37.5 Å². The number of carbonyl (C=O) groups excluding carboxylic acids is 1. The van der Waals surface area contributed by atoms with Crippen LogP contribution in [0.15, 0.2) is 17.3 Å². The van der Waals surface area contributed by atoms with Crippen LogP contribution in [0.4, 0.5) is 22.0 Å². The second-order valence-electron chi connectivity index (χ2n) is 7.98. The maximum Gasteiger partial charge on any atom is 0.435 e. The maximum atomic E-state index is 14.1. The van der Waals surface area contributed by atoms with E-state index in [1.165, 1.54) is 0 Å². The Bertz CT molecular complexity index is 1210. The molecule has 1 aliphatic heterocycles. The maximum absolute atomic E-state index is 14.1. The van der Waals surface area contributed by atoms with Crippen molar-refractivity contribution in [1.29, 1.82) is 0 Å². The number of oxime groups is 1. The van der Waals surface area contributed by atoms with Gasteiger partial charge >= 0.3 is 12.1 Å². The van der Waals surface area contributed by atoms with Crippen molar-refractivity contribution >= 4 is 52.1 Å². The van der Waals surface area contributed by atoms with E-state index in [9.17, 15) is 36.6 Å². The number of nitrogens with zero attached hydrogens (tertiary/aromatic N) is 1. The van der Waals surface area contributed by atoms with Gasteiger partial charge < -0.3 is 21.0 Å². The van der Waals surface area contributed by atoms with Gasteiger partial charge in [-0.2, -0.15) is 13.2 Å². The number of aromatic carboxylic acids is 1. The van der Waals surface area contributed by atoms with E-state index < -0.39 is 58.2 Å². The number of alkyl halides is 4. The smallest absolute Gasteiger partial charge is 0.435 e. The lowest BCUT2D eigenvalue weighted by Gasteiger charge is -2.29. The Morgan fingerprint density at radius 1 is 1.22 bits per heavy atom. The van der Waals surface area contributed by atoms with Crippen molar-refractivity contribution in [2.75, 3.05) is 19.8 Å². The van der Waals surface area contributed by atoms with Crippen LogP contribution >= 0.6 is 34.5 Å². The molecule has 1 aromatic carbocycles. The van der Waals surface area contributed by atoms with Gasteiger partial charge in [-0.15, -0.1) is 11.3 Å². The van der Waals surface area contributed by atoms with E-state index in [2.05, 4.69) is 10.5 Å². The fourth-order valence-corrected chi connectivity index (χ4v) is 5.64. The molecule has 1 amide bonds. The summed E-state index contributed by atoms with van der Waals surface area (Å²) in [6, 6.07) is 1.63. The van der Waals surface area contributed by atoms with E-state index in [1.54, 1.807) is 0 Å². The van der Waals surface area contributed by atoms with Gasteiger partial charge in [0.25, 0.3) is 5.60 Å². The predicted octanol–water partition coefficient (Wildman–Crippen LogP) is 6.09. The van der Waals surface area contributed by atoms with Crippen LogP contribution in [0, 0.1) is 5.82 Å². The van der Waals surface area contributed by atoms with Crippen LogP contribution in [0.1, 0.15) is 44.1 Å². The van der Waals surface area contributed by atoms with Gasteiger partial charge in [-0.1, -0.05) is 34.9 Å². The third kappa shape index (κ3) is 5.84. The van der Waals surface area contributed by atoms with Crippen molar-refractivity contribution in [2.24, 2.45) is 5.16 Å². The van der Waals surface area contributed by atoms with Crippen molar-refractivity contribution in [3.8, 4) is 0 Å². The zero-order chi connectivity index (χ0) is 27.5. The van der Waals surface area contributed by atoms with E-state index >= 15 is 0 Å². The minimum absolute atomic E-state index is 0.00505. The normalized spacial score (nSPS) is 18.4. The summed E-state index contributed by atoms with van der Waals surface area (Å²) in [7, 11) is 0. The molecule has 0 spiro atoms. The molecular weight excluding hydrogens is 568 g/mol. The van der Waals surface area contributed by atoms with Gasteiger partial charge in [-0.25, -0.2) is 13.6 Å². The van der Waals surface area contributed by atoms with Crippen LogP contribution in [0.25, 0.3) is 5.73 Å². The summed E-state index contributed by atoms with van der Waals surface area (Å²) >= 11 is 12.3. The molecule has 0 bridgehead atoms. The van der Waals surface area contributed by atoms with E-state index in [0.717, 1.165) is 23.5 Å². The summed E-state index contributed by atoms with van der Waals surface area (Å²) in [6.07, 6.45) is -3.80. The van der Waals surface area contributed by atoms with Crippen LogP contribution < -0.4 is 5.32 Å². The molecular formula is C22H19Cl2F5N3O4S-. The van der Waals surface area contributed by atoms with Crippen LogP contribution in [0.2, 0.25) is 10.0 Å². The van der Waals surface area contributed by atoms with Gasteiger partial charge in [-0.3, -0.25) is 4.79 Å². The first kappa shape index (κ1) is 29.1. The average Bonchev–Trinajstić information content (AvgIpc) is 3.56. The van der Waals surface area contributed by atoms with Crippen LogP contribution in [-0.4, -0.2) is 48.6 Å². The molecule has 37 heavy (non-hydrogen) atoms. The van der Waals surface area contributed by atoms with Gasteiger partial charge in [-0.05, 0) is 42.5 Å². The predicted molar refractivity (Wildman–Crippen MR) is 128 cm³/mol. The largest absolute Gasteiger partial charge is 0.670 e. The SMILES string of the molecule is O=C(O)c1sc(C2=NOC(c3cc(Cl)c(F)c(Cl)c3)(C(F)(F)F)C2)c2c1CCC2.[NH-]CC(=O)NCCF. The van der Waals surface area contributed by atoms with Gasteiger partial charge in [0, 0.05) is 12.1 Å². The standard InChI is InChI=1S/C18H11Cl2F4NO3S.C4H8FN2O/c19-10-4-7(5-11(20)13(10)21)17(18(22,23)24)6-12(25-28-17)14-8-2-1-3-9(8)15(29-14)16(26)27;5-1-2-7-4(8)3-6/h4-5H,1-3,6H2,(H,26,27);6H,1-3H2,(H,7,8)/q;-1. The van der Waals surface area contributed by atoms with E-state index in [1.807, 2.05) is 0 Å².